The number of carbonyl (C=O) groups excluding carboxylic acids is 2. The first kappa shape index (κ1) is 25.8. The molecule has 9 heteroatoms. The van der Waals surface area contributed by atoms with Gasteiger partial charge in [0.2, 0.25) is 15.9 Å². The quantitative estimate of drug-likeness (QED) is 0.472. The standard InChI is InChI=1S/C27H32N4O4S/c1-17-8-4-5-9-20(17)26(32)29-24-12-13-25(22-11-7-6-10-21(22)24)36(34,35)30-23-14-15-31(16-18(23)2)27(33)19(3)28/h4-13,18-19,23,30H,14-16,28H2,1-3H3,(H,29,32)/t18?,19-,23?/m0/s1. The molecule has 0 spiro atoms. The lowest BCUT2D eigenvalue weighted by Gasteiger charge is -2.37. The van der Waals surface area contributed by atoms with E-state index in [4.69, 9.17) is 5.73 Å². The highest BCUT2D eigenvalue weighted by molar-refractivity contribution is 7.89. The molecule has 3 atom stereocenters. The number of nitrogens with zero attached hydrogens (tertiary/aromatic N) is 1. The summed E-state index contributed by atoms with van der Waals surface area (Å²) in [6.45, 7) is 6.34. The lowest BCUT2D eigenvalue weighted by molar-refractivity contribution is -0.134. The van der Waals surface area contributed by atoms with Crippen molar-refractivity contribution in [3.63, 3.8) is 0 Å². The van der Waals surface area contributed by atoms with Gasteiger partial charge in [0.05, 0.1) is 10.9 Å². The molecule has 0 aromatic heterocycles. The summed E-state index contributed by atoms with van der Waals surface area (Å²) < 4.78 is 29.8. The van der Waals surface area contributed by atoms with Gasteiger partial charge in [-0.15, -0.1) is 0 Å². The Balaban J connectivity index is 1.58. The number of nitrogens with one attached hydrogen (secondary N) is 2. The largest absolute Gasteiger partial charge is 0.341 e. The van der Waals surface area contributed by atoms with E-state index in [1.54, 1.807) is 48.2 Å². The van der Waals surface area contributed by atoms with Crippen molar-refractivity contribution in [2.24, 2.45) is 11.7 Å². The van der Waals surface area contributed by atoms with E-state index in [0.717, 1.165) is 5.56 Å². The molecule has 1 aliphatic heterocycles. The predicted octanol–water partition coefficient (Wildman–Crippen LogP) is 3.26. The smallest absolute Gasteiger partial charge is 0.255 e. The van der Waals surface area contributed by atoms with Crippen molar-refractivity contribution >= 4 is 38.3 Å². The normalized spacial score (nSPS) is 19.2. The maximum atomic E-state index is 13.5. The molecule has 1 aliphatic rings. The second-order valence-corrected chi connectivity index (χ2v) is 11.2. The number of rotatable bonds is 6. The van der Waals surface area contributed by atoms with E-state index in [1.807, 2.05) is 32.0 Å². The van der Waals surface area contributed by atoms with Crippen LogP contribution >= 0.6 is 0 Å². The number of fused-ring (bicyclic) bond motifs is 1. The Hall–Kier alpha value is -3.27. The minimum atomic E-state index is -3.87. The Morgan fingerprint density at radius 1 is 1.03 bits per heavy atom. The Bertz CT molecular complexity index is 1400. The van der Waals surface area contributed by atoms with Crippen molar-refractivity contribution < 1.29 is 18.0 Å². The highest BCUT2D eigenvalue weighted by Gasteiger charge is 2.33. The zero-order valence-corrected chi connectivity index (χ0v) is 21.5. The van der Waals surface area contributed by atoms with Crippen LogP contribution in [0.4, 0.5) is 5.69 Å². The third-order valence-electron chi connectivity index (χ3n) is 6.72. The van der Waals surface area contributed by atoms with Gasteiger partial charge in [0, 0.05) is 41.2 Å². The van der Waals surface area contributed by atoms with E-state index in [2.05, 4.69) is 10.0 Å². The van der Waals surface area contributed by atoms with Crippen LogP contribution in [0.1, 0.15) is 36.2 Å². The minimum Gasteiger partial charge on any atom is -0.341 e. The number of anilines is 1. The molecule has 1 heterocycles. The first-order chi connectivity index (χ1) is 17.1. The molecule has 0 aliphatic carbocycles. The highest BCUT2D eigenvalue weighted by atomic mass is 32.2. The van der Waals surface area contributed by atoms with Gasteiger partial charge in [0.1, 0.15) is 0 Å². The average Bonchev–Trinajstić information content (AvgIpc) is 2.85. The second kappa shape index (κ2) is 10.4. The summed E-state index contributed by atoms with van der Waals surface area (Å²) >= 11 is 0. The van der Waals surface area contributed by atoms with E-state index in [-0.39, 0.29) is 28.7 Å². The van der Waals surface area contributed by atoms with Gasteiger partial charge in [-0.25, -0.2) is 13.1 Å². The monoisotopic (exact) mass is 508 g/mol. The summed E-state index contributed by atoms with van der Waals surface area (Å²) in [5.74, 6) is -0.457. The summed E-state index contributed by atoms with van der Waals surface area (Å²) in [5, 5.41) is 4.08. The van der Waals surface area contributed by atoms with Gasteiger partial charge < -0.3 is 16.0 Å². The molecule has 1 fully saturated rings. The molecule has 0 saturated carbocycles. The summed E-state index contributed by atoms with van der Waals surface area (Å²) in [5.41, 5.74) is 7.68. The van der Waals surface area contributed by atoms with E-state index < -0.39 is 16.1 Å². The van der Waals surface area contributed by atoms with Crippen LogP contribution in [0.3, 0.4) is 0 Å². The van der Waals surface area contributed by atoms with Crippen LogP contribution in [0.2, 0.25) is 0 Å². The maximum Gasteiger partial charge on any atom is 0.255 e. The van der Waals surface area contributed by atoms with Gasteiger partial charge in [-0.1, -0.05) is 49.4 Å². The number of hydrogen-bond acceptors (Lipinski definition) is 5. The molecule has 1 saturated heterocycles. The SMILES string of the molecule is Cc1ccccc1C(=O)Nc1ccc(S(=O)(=O)NC2CCN(C(=O)[C@H](C)N)CC2C)c2ccccc12. The van der Waals surface area contributed by atoms with Crippen molar-refractivity contribution in [2.45, 2.75) is 44.2 Å². The van der Waals surface area contributed by atoms with Crippen molar-refractivity contribution in [2.75, 3.05) is 18.4 Å². The summed E-state index contributed by atoms with van der Waals surface area (Å²) in [4.78, 5) is 27.0. The molecule has 4 N–H and O–H groups in total. The predicted molar refractivity (Wildman–Crippen MR) is 141 cm³/mol. The van der Waals surface area contributed by atoms with Gasteiger partial charge >= 0.3 is 0 Å². The summed E-state index contributed by atoms with van der Waals surface area (Å²) in [7, 11) is -3.87. The molecule has 3 aromatic carbocycles. The third-order valence-corrected chi connectivity index (χ3v) is 8.27. The Kier molecular flexibility index (Phi) is 7.44. The molecule has 4 rings (SSSR count). The van der Waals surface area contributed by atoms with Crippen LogP contribution in [0.5, 0.6) is 0 Å². The van der Waals surface area contributed by atoms with Gasteiger partial charge in [-0.05, 0) is 49.9 Å². The van der Waals surface area contributed by atoms with E-state index in [9.17, 15) is 18.0 Å². The molecule has 0 bridgehead atoms. The van der Waals surface area contributed by atoms with Crippen molar-refractivity contribution in [3.8, 4) is 0 Å². The highest BCUT2D eigenvalue weighted by Crippen LogP contribution is 2.31. The topological polar surface area (TPSA) is 122 Å². The number of hydrogen-bond donors (Lipinski definition) is 3. The van der Waals surface area contributed by atoms with Gasteiger partial charge in [-0.3, -0.25) is 9.59 Å². The second-order valence-electron chi connectivity index (χ2n) is 9.49. The van der Waals surface area contributed by atoms with Crippen molar-refractivity contribution in [3.05, 3.63) is 71.8 Å². The minimum absolute atomic E-state index is 0.0739. The van der Waals surface area contributed by atoms with Crippen LogP contribution in [-0.4, -0.2) is 50.3 Å². The van der Waals surface area contributed by atoms with Gasteiger partial charge in [-0.2, -0.15) is 0 Å². The van der Waals surface area contributed by atoms with Gasteiger partial charge in [0.25, 0.3) is 5.91 Å². The van der Waals surface area contributed by atoms with E-state index in [1.165, 1.54) is 6.07 Å². The Morgan fingerprint density at radius 3 is 2.36 bits per heavy atom. The number of benzene rings is 3. The van der Waals surface area contributed by atoms with Gasteiger partial charge in [0.15, 0.2) is 0 Å². The van der Waals surface area contributed by atoms with E-state index >= 15 is 0 Å². The summed E-state index contributed by atoms with van der Waals surface area (Å²) in [6.07, 6.45) is 0.501. The average molecular weight is 509 g/mol. The first-order valence-corrected chi connectivity index (χ1v) is 13.5. The zero-order valence-electron chi connectivity index (χ0n) is 20.7. The molecular formula is C27H32N4O4S. The van der Waals surface area contributed by atoms with Crippen LogP contribution in [-0.2, 0) is 14.8 Å². The number of likely N-dealkylation sites (tertiary alicyclic amines) is 1. The number of sulfonamides is 1. The fraction of sp³-hybridized carbons (Fsp3) is 0.333. The lowest BCUT2D eigenvalue weighted by atomic mass is 9.94. The van der Waals surface area contributed by atoms with E-state index in [0.29, 0.717) is 41.5 Å². The zero-order chi connectivity index (χ0) is 26.0. The number of aryl methyl sites for hydroxylation is 1. The Labute approximate surface area is 211 Å². The van der Waals surface area contributed by atoms with Crippen molar-refractivity contribution in [1.82, 2.24) is 9.62 Å². The molecule has 8 nitrogen and oxygen atoms in total. The third kappa shape index (κ3) is 5.28. The molecular weight excluding hydrogens is 476 g/mol. The molecule has 3 aromatic rings. The maximum absolute atomic E-state index is 13.5. The lowest BCUT2D eigenvalue weighted by Crippen LogP contribution is -2.54. The number of nitrogens with two attached hydrogens (primary N) is 1. The van der Waals surface area contributed by atoms with Crippen LogP contribution < -0.4 is 15.8 Å². The first-order valence-electron chi connectivity index (χ1n) is 12.0. The molecule has 2 amide bonds. The molecule has 36 heavy (non-hydrogen) atoms. The molecule has 0 radical (unpaired) electrons. The molecule has 2 unspecified atom stereocenters. The van der Waals surface area contributed by atoms with Crippen LogP contribution in [0.25, 0.3) is 10.8 Å². The molecule has 190 valence electrons. The number of carbonyl (C=O) groups is 2. The van der Waals surface area contributed by atoms with Crippen molar-refractivity contribution in [1.29, 1.82) is 0 Å². The number of piperidine rings is 1. The van der Waals surface area contributed by atoms with Crippen LogP contribution in [0, 0.1) is 12.8 Å². The fourth-order valence-corrected chi connectivity index (χ4v) is 6.29. The Morgan fingerprint density at radius 2 is 1.69 bits per heavy atom. The van der Waals surface area contributed by atoms with Crippen LogP contribution in [0.15, 0.2) is 65.6 Å². The summed E-state index contributed by atoms with van der Waals surface area (Å²) in [6, 6.07) is 16.7. The fourth-order valence-electron chi connectivity index (χ4n) is 4.70. The number of amides is 2.